The fourth-order valence-corrected chi connectivity index (χ4v) is 2.42. The third-order valence-electron chi connectivity index (χ3n) is 2.71. The summed E-state index contributed by atoms with van der Waals surface area (Å²) in [5, 5.41) is 6.07. The lowest BCUT2D eigenvalue weighted by Crippen LogP contribution is -2.39. The molecule has 1 heterocycles. The molecule has 0 aliphatic rings. The van der Waals surface area contributed by atoms with E-state index in [9.17, 15) is 9.59 Å². The zero-order chi connectivity index (χ0) is 15.8. The van der Waals surface area contributed by atoms with E-state index >= 15 is 0 Å². The number of carbonyl (C=O) groups is 2. The Morgan fingerprint density at radius 1 is 1.48 bits per heavy atom. The molecule has 0 unspecified atom stereocenters. The monoisotopic (exact) mass is 315 g/mol. The molecule has 1 aromatic rings. The molecule has 1 rings (SSSR count). The van der Waals surface area contributed by atoms with Gasteiger partial charge in [0.25, 0.3) is 5.91 Å². The fourth-order valence-electron chi connectivity index (χ4n) is 1.54. The molecular formula is C12H21N5O3S. The zero-order valence-electron chi connectivity index (χ0n) is 12.4. The molecular weight excluding hydrogens is 294 g/mol. The van der Waals surface area contributed by atoms with Gasteiger partial charge in [-0.15, -0.1) is 0 Å². The van der Waals surface area contributed by atoms with Crippen molar-refractivity contribution < 1.29 is 14.3 Å². The van der Waals surface area contributed by atoms with Crippen LogP contribution in [0.15, 0.2) is 0 Å². The molecule has 8 nitrogen and oxygen atoms in total. The van der Waals surface area contributed by atoms with Crippen LogP contribution in [0.4, 0.5) is 10.9 Å². The molecule has 0 spiro atoms. The number of nitrogens with one attached hydrogen (secondary N) is 2. The summed E-state index contributed by atoms with van der Waals surface area (Å²) in [6.07, 6.45) is 0. The van der Waals surface area contributed by atoms with Gasteiger partial charge in [-0.2, -0.15) is 0 Å². The minimum atomic E-state index is -0.295. The molecule has 0 fully saturated rings. The van der Waals surface area contributed by atoms with Crippen LogP contribution >= 0.6 is 11.3 Å². The largest absolute Gasteiger partial charge is 0.383 e. The molecule has 21 heavy (non-hydrogen) atoms. The van der Waals surface area contributed by atoms with E-state index in [-0.39, 0.29) is 24.2 Å². The van der Waals surface area contributed by atoms with E-state index in [1.165, 1.54) is 23.3 Å². The third-order valence-corrected chi connectivity index (χ3v) is 3.73. The average molecular weight is 315 g/mol. The molecule has 0 aromatic carbocycles. The van der Waals surface area contributed by atoms with E-state index in [4.69, 9.17) is 10.5 Å². The van der Waals surface area contributed by atoms with E-state index in [1.807, 2.05) is 0 Å². The number of hydrogen-bond donors (Lipinski definition) is 3. The molecule has 0 bridgehead atoms. The minimum absolute atomic E-state index is 0.00436. The molecule has 0 atom stereocenters. The van der Waals surface area contributed by atoms with Gasteiger partial charge in [0, 0.05) is 27.2 Å². The van der Waals surface area contributed by atoms with E-state index in [0.29, 0.717) is 29.7 Å². The van der Waals surface area contributed by atoms with Crippen LogP contribution in [0.1, 0.15) is 16.6 Å². The van der Waals surface area contributed by atoms with Crippen LogP contribution in [0.2, 0.25) is 0 Å². The van der Waals surface area contributed by atoms with Gasteiger partial charge in [-0.1, -0.05) is 11.3 Å². The Morgan fingerprint density at radius 3 is 2.76 bits per heavy atom. The summed E-state index contributed by atoms with van der Waals surface area (Å²) in [5.41, 5.74) is 5.78. The van der Waals surface area contributed by atoms with Crippen molar-refractivity contribution in [3.63, 3.8) is 0 Å². The number of nitrogens with zero attached hydrogens (tertiary/aromatic N) is 2. The SMILES string of the molecule is CCN(CC(=O)NC)C(=O)c1sc(NCCOC)nc1N. The summed E-state index contributed by atoms with van der Waals surface area (Å²) in [6, 6.07) is 0. The Morgan fingerprint density at radius 2 is 2.19 bits per heavy atom. The lowest BCUT2D eigenvalue weighted by Gasteiger charge is -2.18. The summed E-state index contributed by atoms with van der Waals surface area (Å²) in [7, 11) is 3.13. The fraction of sp³-hybridized carbons (Fsp3) is 0.583. The second-order valence-electron chi connectivity index (χ2n) is 4.15. The van der Waals surface area contributed by atoms with E-state index in [1.54, 1.807) is 14.0 Å². The van der Waals surface area contributed by atoms with Crippen LogP contribution in [0.3, 0.4) is 0 Å². The zero-order valence-corrected chi connectivity index (χ0v) is 13.2. The number of hydrogen-bond acceptors (Lipinski definition) is 7. The predicted octanol–water partition coefficient (Wildman–Crippen LogP) is -0.00830. The number of likely N-dealkylation sites (N-methyl/N-ethyl adjacent to an activating group) is 2. The summed E-state index contributed by atoms with van der Waals surface area (Å²) < 4.78 is 4.92. The number of nitrogens with two attached hydrogens (primary N) is 1. The van der Waals surface area contributed by atoms with Crippen molar-refractivity contribution >= 4 is 34.1 Å². The molecule has 1 aromatic heterocycles. The number of methoxy groups -OCH3 is 1. The number of anilines is 2. The van der Waals surface area contributed by atoms with Crippen molar-refractivity contribution in [1.29, 1.82) is 0 Å². The summed E-state index contributed by atoms with van der Waals surface area (Å²) in [5.74, 6) is -0.358. The number of amides is 2. The molecule has 9 heteroatoms. The van der Waals surface area contributed by atoms with Crippen LogP contribution in [0.5, 0.6) is 0 Å². The first-order chi connectivity index (χ1) is 10.0. The van der Waals surface area contributed by atoms with E-state index in [0.717, 1.165) is 0 Å². The van der Waals surface area contributed by atoms with Crippen molar-refractivity contribution in [2.75, 3.05) is 51.4 Å². The van der Waals surface area contributed by atoms with Crippen molar-refractivity contribution in [2.45, 2.75) is 6.92 Å². The van der Waals surface area contributed by atoms with Crippen molar-refractivity contribution in [3.05, 3.63) is 4.88 Å². The van der Waals surface area contributed by atoms with Gasteiger partial charge in [0.05, 0.1) is 13.2 Å². The van der Waals surface area contributed by atoms with Crippen LogP contribution in [0, 0.1) is 0 Å². The maximum Gasteiger partial charge on any atom is 0.268 e. The molecule has 0 saturated heterocycles. The Bertz CT molecular complexity index is 491. The van der Waals surface area contributed by atoms with Crippen LogP contribution in [-0.4, -0.2) is 62.1 Å². The van der Waals surface area contributed by atoms with Gasteiger partial charge >= 0.3 is 0 Å². The van der Waals surface area contributed by atoms with Crippen LogP contribution in [-0.2, 0) is 9.53 Å². The maximum absolute atomic E-state index is 12.4. The molecule has 118 valence electrons. The Balaban J connectivity index is 2.78. The number of carbonyl (C=O) groups excluding carboxylic acids is 2. The molecule has 0 aliphatic heterocycles. The second kappa shape index (κ2) is 8.42. The van der Waals surface area contributed by atoms with Gasteiger partial charge in [0.1, 0.15) is 10.7 Å². The lowest BCUT2D eigenvalue weighted by molar-refractivity contribution is -0.121. The van der Waals surface area contributed by atoms with Gasteiger partial charge in [-0.05, 0) is 6.92 Å². The quantitative estimate of drug-likeness (QED) is 0.582. The highest BCUT2D eigenvalue weighted by Crippen LogP contribution is 2.26. The maximum atomic E-state index is 12.4. The van der Waals surface area contributed by atoms with Gasteiger partial charge in [-0.3, -0.25) is 9.59 Å². The molecule has 0 saturated carbocycles. The van der Waals surface area contributed by atoms with Gasteiger partial charge in [-0.25, -0.2) is 4.98 Å². The molecule has 0 radical (unpaired) electrons. The lowest BCUT2D eigenvalue weighted by atomic mass is 10.3. The first-order valence-corrected chi connectivity index (χ1v) is 7.34. The summed E-state index contributed by atoms with van der Waals surface area (Å²) >= 11 is 1.17. The highest BCUT2D eigenvalue weighted by molar-refractivity contribution is 7.18. The van der Waals surface area contributed by atoms with Gasteiger partial charge in [0.15, 0.2) is 5.13 Å². The van der Waals surface area contributed by atoms with E-state index < -0.39 is 0 Å². The number of nitrogen functional groups attached to an aromatic ring is 1. The topological polar surface area (TPSA) is 110 Å². The third kappa shape index (κ3) is 4.87. The predicted molar refractivity (Wildman–Crippen MR) is 82.5 cm³/mol. The van der Waals surface area contributed by atoms with Crippen molar-refractivity contribution in [2.24, 2.45) is 0 Å². The minimum Gasteiger partial charge on any atom is -0.383 e. The Kier molecular flexibility index (Phi) is 6.89. The van der Waals surface area contributed by atoms with Gasteiger partial charge < -0.3 is 26.0 Å². The standard InChI is InChI=1S/C12H21N5O3S/c1-4-17(7-8(18)14-2)11(19)9-10(13)16-12(21-9)15-5-6-20-3/h4-7,13H2,1-3H3,(H,14,18)(H,15,16). The number of aromatic nitrogens is 1. The van der Waals surface area contributed by atoms with E-state index in [2.05, 4.69) is 15.6 Å². The number of ether oxygens (including phenoxy) is 1. The van der Waals surface area contributed by atoms with Crippen LogP contribution < -0.4 is 16.4 Å². The smallest absolute Gasteiger partial charge is 0.268 e. The first kappa shape index (κ1) is 17.2. The number of rotatable bonds is 8. The second-order valence-corrected chi connectivity index (χ2v) is 5.14. The average Bonchev–Trinajstić information content (AvgIpc) is 2.85. The van der Waals surface area contributed by atoms with Gasteiger partial charge in [0.2, 0.25) is 5.91 Å². The molecule has 0 aliphatic carbocycles. The van der Waals surface area contributed by atoms with Crippen LogP contribution in [0.25, 0.3) is 0 Å². The Labute approximate surface area is 127 Å². The summed E-state index contributed by atoms with van der Waals surface area (Å²) in [4.78, 5) is 29.6. The first-order valence-electron chi connectivity index (χ1n) is 6.52. The summed E-state index contributed by atoms with van der Waals surface area (Å²) in [6.45, 7) is 3.31. The highest BCUT2D eigenvalue weighted by Gasteiger charge is 2.22. The normalized spacial score (nSPS) is 10.2. The number of thiazole rings is 1. The highest BCUT2D eigenvalue weighted by atomic mass is 32.1. The van der Waals surface area contributed by atoms with Crippen molar-refractivity contribution in [1.82, 2.24) is 15.2 Å². The molecule has 2 amide bonds. The Hall–Kier alpha value is -1.87. The molecule has 4 N–H and O–H groups in total. The van der Waals surface area contributed by atoms with Crippen molar-refractivity contribution in [3.8, 4) is 0 Å².